The van der Waals surface area contributed by atoms with Crippen LogP contribution in [0.3, 0.4) is 0 Å². The highest BCUT2D eigenvalue weighted by Gasteiger charge is 2.33. The van der Waals surface area contributed by atoms with E-state index in [1.165, 1.54) is 11.3 Å². The molecule has 2 N–H and O–H groups in total. The first-order valence-electron chi connectivity index (χ1n) is 6.74. The van der Waals surface area contributed by atoms with E-state index in [0.29, 0.717) is 18.5 Å². The van der Waals surface area contributed by atoms with Gasteiger partial charge in [0.05, 0.1) is 4.88 Å². The Bertz CT molecular complexity index is 416. The van der Waals surface area contributed by atoms with Gasteiger partial charge in [-0.3, -0.25) is 4.79 Å². The van der Waals surface area contributed by atoms with E-state index in [1.807, 2.05) is 24.0 Å². The Morgan fingerprint density at radius 3 is 2.83 bits per heavy atom. The van der Waals surface area contributed by atoms with Crippen molar-refractivity contribution in [2.24, 2.45) is 11.7 Å². The van der Waals surface area contributed by atoms with Crippen LogP contribution in [-0.2, 0) is 0 Å². The zero-order chi connectivity index (χ0) is 13.1. The van der Waals surface area contributed by atoms with Crippen molar-refractivity contribution in [2.75, 3.05) is 13.1 Å². The van der Waals surface area contributed by atoms with Gasteiger partial charge in [-0.15, -0.1) is 11.3 Å². The van der Waals surface area contributed by atoms with Crippen LogP contribution < -0.4 is 5.73 Å². The Morgan fingerprint density at radius 2 is 2.28 bits per heavy atom. The molecule has 0 saturated heterocycles. The Balaban J connectivity index is 2.15. The molecule has 0 spiro atoms. The fourth-order valence-corrected chi connectivity index (χ4v) is 3.75. The maximum atomic E-state index is 12.5. The first-order chi connectivity index (χ1) is 8.67. The molecule has 1 heterocycles. The molecule has 100 valence electrons. The average Bonchev–Trinajstić information content (AvgIpc) is 2.98. The predicted octanol–water partition coefficient (Wildman–Crippen LogP) is 2.65. The second-order valence-electron chi connectivity index (χ2n) is 5.00. The fourth-order valence-electron chi connectivity index (χ4n) is 2.92. The van der Waals surface area contributed by atoms with Crippen LogP contribution in [0.1, 0.15) is 40.7 Å². The minimum Gasteiger partial charge on any atom is -0.335 e. The molecule has 0 radical (unpaired) electrons. The molecule has 4 heteroatoms. The third-order valence-corrected chi connectivity index (χ3v) is 4.86. The quantitative estimate of drug-likeness (QED) is 0.910. The van der Waals surface area contributed by atoms with E-state index in [9.17, 15) is 4.79 Å². The van der Waals surface area contributed by atoms with Crippen molar-refractivity contribution in [1.82, 2.24) is 4.90 Å². The molecule has 1 aliphatic carbocycles. The van der Waals surface area contributed by atoms with Crippen LogP contribution in [0.2, 0.25) is 0 Å². The van der Waals surface area contributed by atoms with Gasteiger partial charge in [0, 0.05) is 17.5 Å². The summed E-state index contributed by atoms with van der Waals surface area (Å²) >= 11 is 1.58. The van der Waals surface area contributed by atoms with E-state index < -0.39 is 0 Å². The van der Waals surface area contributed by atoms with Crippen LogP contribution in [0.5, 0.6) is 0 Å². The van der Waals surface area contributed by atoms with Gasteiger partial charge in [-0.25, -0.2) is 0 Å². The van der Waals surface area contributed by atoms with E-state index in [1.54, 1.807) is 11.3 Å². The molecule has 0 bridgehead atoms. The average molecular weight is 266 g/mol. The molecule has 18 heavy (non-hydrogen) atoms. The van der Waals surface area contributed by atoms with Crippen LogP contribution in [0.25, 0.3) is 0 Å². The molecule has 1 aromatic heterocycles. The molecular formula is C14H22N2OS. The molecule has 1 amide bonds. The third kappa shape index (κ3) is 2.59. The second kappa shape index (κ2) is 5.85. The van der Waals surface area contributed by atoms with Gasteiger partial charge in [-0.1, -0.05) is 6.42 Å². The van der Waals surface area contributed by atoms with Crippen molar-refractivity contribution in [3.63, 3.8) is 0 Å². The van der Waals surface area contributed by atoms with Crippen molar-refractivity contribution in [1.29, 1.82) is 0 Å². The van der Waals surface area contributed by atoms with Gasteiger partial charge in [0.1, 0.15) is 0 Å². The van der Waals surface area contributed by atoms with E-state index >= 15 is 0 Å². The first-order valence-corrected chi connectivity index (χ1v) is 7.56. The van der Waals surface area contributed by atoms with Crippen molar-refractivity contribution >= 4 is 17.2 Å². The molecule has 2 unspecified atom stereocenters. The largest absolute Gasteiger partial charge is 0.335 e. The smallest absolute Gasteiger partial charge is 0.264 e. The van der Waals surface area contributed by atoms with Gasteiger partial charge in [0.25, 0.3) is 5.91 Å². The Labute approximate surface area is 113 Å². The summed E-state index contributed by atoms with van der Waals surface area (Å²) < 4.78 is 0. The number of hydrogen-bond acceptors (Lipinski definition) is 3. The number of thiophene rings is 1. The van der Waals surface area contributed by atoms with Gasteiger partial charge >= 0.3 is 0 Å². The highest BCUT2D eigenvalue weighted by atomic mass is 32.1. The molecule has 0 aliphatic heterocycles. The van der Waals surface area contributed by atoms with Crippen molar-refractivity contribution in [2.45, 2.75) is 39.2 Å². The first kappa shape index (κ1) is 13.6. The highest BCUT2D eigenvalue weighted by Crippen LogP contribution is 2.31. The lowest BCUT2D eigenvalue weighted by Crippen LogP contribution is -2.43. The fraction of sp³-hybridized carbons (Fsp3) is 0.643. The number of rotatable bonds is 4. The third-order valence-electron chi connectivity index (χ3n) is 3.87. The van der Waals surface area contributed by atoms with Gasteiger partial charge in [0.2, 0.25) is 0 Å². The van der Waals surface area contributed by atoms with Crippen LogP contribution >= 0.6 is 11.3 Å². The molecule has 1 fully saturated rings. The number of aryl methyl sites for hydroxylation is 1. The predicted molar refractivity (Wildman–Crippen MR) is 75.9 cm³/mol. The minimum atomic E-state index is 0.181. The topological polar surface area (TPSA) is 46.3 Å². The standard InChI is InChI=1S/C14H22N2OS/c1-3-16(12-6-4-5-11(12)9-15)14(17)13-8-7-10(2)18-13/h7-8,11-12H,3-6,9,15H2,1-2H3. The van der Waals surface area contributed by atoms with E-state index in [0.717, 1.165) is 24.3 Å². The lowest BCUT2D eigenvalue weighted by molar-refractivity contribution is 0.0657. The summed E-state index contributed by atoms with van der Waals surface area (Å²) in [6.45, 7) is 5.56. The molecule has 1 aromatic rings. The Morgan fingerprint density at radius 1 is 1.50 bits per heavy atom. The van der Waals surface area contributed by atoms with Crippen molar-refractivity contribution in [3.05, 3.63) is 21.9 Å². The summed E-state index contributed by atoms with van der Waals surface area (Å²) in [6, 6.07) is 4.30. The molecule has 2 atom stereocenters. The van der Waals surface area contributed by atoms with Crippen LogP contribution in [0, 0.1) is 12.8 Å². The molecule has 0 aromatic carbocycles. The van der Waals surface area contributed by atoms with Gasteiger partial charge in [0.15, 0.2) is 0 Å². The number of nitrogens with zero attached hydrogens (tertiary/aromatic N) is 1. The summed E-state index contributed by atoms with van der Waals surface area (Å²) in [4.78, 5) is 16.6. The summed E-state index contributed by atoms with van der Waals surface area (Å²) in [5.41, 5.74) is 5.82. The molecule has 2 rings (SSSR count). The van der Waals surface area contributed by atoms with Crippen molar-refractivity contribution < 1.29 is 4.79 Å². The van der Waals surface area contributed by atoms with Crippen LogP contribution in [0.15, 0.2) is 12.1 Å². The SMILES string of the molecule is CCN(C(=O)c1ccc(C)s1)C1CCCC1CN. The molecular weight excluding hydrogens is 244 g/mol. The number of nitrogens with two attached hydrogens (primary N) is 1. The molecule has 1 aliphatic rings. The van der Waals surface area contributed by atoms with E-state index in [2.05, 4.69) is 6.92 Å². The Hall–Kier alpha value is -0.870. The lowest BCUT2D eigenvalue weighted by atomic mass is 10.0. The highest BCUT2D eigenvalue weighted by molar-refractivity contribution is 7.13. The monoisotopic (exact) mass is 266 g/mol. The van der Waals surface area contributed by atoms with Crippen LogP contribution in [-0.4, -0.2) is 29.9 Å². The maximum absolute atomic E-state index is 12.5. The van der Waals surface area contributed by atoms with E-state index in [-0.39, 0.29) is 5.91 Å². The summed E-state index contributed by atoms with van der Waals surface area (Å²) in [7, 11) is 0. The zero-order valence-electron chi connectivity index (χ0n) is 11.2. The van der Waals surface area contributed by atoms with Crippen LogP contribution in [0.4, 0.5) is 0 Å². The van der Waals surface area contributed by atoms with Gasteiger partial charge in [-0.05, 0) is 51.3 Å². The normalized spacial score (nSPS) is 23.3. The minimum absolute atomic E-state index is 0.181. The zero-order valence-corrected chi connectivity index (χ0v) is 12.0. The number of amides is 1. The molecule has 1 saturated carbocycles. The Kier molecular flexibility index (Phi) is 4.40. The number of carbonyl (C=O) groups excluding carboxylic acids is 1. The summed E-state index contributed by atoms with van der Waals surface area (Å²) in [5, 5.41) is 0. The van der Waals surface area contributed by atoms with Gasteiger partial charge in [-0.2, -0.15) is 0 Å². The number of carbonyl (C=O) groups is 1. The van der Waals surface area contributed by atoms with Gasteiger partial charge < -0.3 is 10.6 Å². The summed E-state index contributed by atoms with van der Waals surface area (Å²) in [5.74, 6) is 0.663. The van der Waals surface area contributed by atoms with E-state index in [4.69, 9.17) is 5.73 Å². The lowest BCUT2D eigenvalue weighted by Gasteiger charge is -2.31. The maximum Gasteiger partial charge on any atom is 0.264 e. The molecule has 3 nitrogen and oxygen atoms in total. The summed E-state index contributed by atoms with van der Waals surface area (Å²) in [6.07, 6.45) is 3.46. The van der Waals surface area contributed by atoms with Crippen molar-refractivity contribution in [3.8, 4) is 0 Å². The number of hydrogen-bond donors (Lipinski definition) is 1. The second-order valence-corrected chi connectivity index (χ2v) is 6.28.